The third-order valence-corrected chi connectivity index (χ3v) is 5.28. The second kappa shape index (κ2) is 11.0. The van der Waals surface area contributed by atoms with Gasteiger partial charge in [-0.2, -0.15) is 4.90 Å². The van der Waals surface area contributed by atoms with Gasteiger partial charge in [0.25, 0.3) is 0 Å². The van der Waals surface area contributed by atoms with Crippen molar-refractivity contribution in [1.82, 2.24) is 10.3 Å². The van der Waals surface area contributed by atoms with E-state index in [0.717, 1.165) is 4.90 Å². The number of aliphatic hydroxyl groups excluding tert-OH is 1. The minimum absolute atomic E-state index is 0.0165. The Morgan fingerprint density at radius 3 is 2.24 bits per heavy atom. The summed E-state index contributed by atoms with van der Waals surface area (Å²) in [6.07, 6.45) is -2.33. The number of halogens is 1. The van der Waals surface area contributed by atoms with Crippen molar-refractivity contribution in [2.24, 2.45) is 5.92 Å². The second-order valence-electron chi connectivity index (χ2n) is 10.6. The fraction of sp³-hybridized carbons (Fsp3) is 0.462. The number of β-lactam (4-membered cyclic amide) rings is 1. The summed E-state index contributed by atoms with van der Waals surface area (Å²) in [7, 11) is 0. The molecule has 0 saturated carbocycles. The van der Waals surface area contributed by atoms with E-state index in [1.165, 1.54) is 12.3 Å². The Bertz CT molecular complexity index is 1130. The lowest BCUT2D eigenvalue weighted by Crippen LogP contribution is -2.60. The number of carbonyl (C=O) groups excluding carboxylic acids is 3. The van der Waals surface area contributed by atoms with E-state index in [2.05, 4.69) is 10.3 Å². The first-order valence-electron chi connectivity index (χ1n) is 11.7. The maximum Gasteiger partial charge on any atom is 0.425 e. The first-order valence-corrected chi connectivity index (χ1v) is 12.1. The smallest absolute Gasteiger partial charge is 0.425 e. The zero-order valence-corrected chi connectivity index (χ0v) is 22.4. The third kappa shape index (κ3) is 7.88. The van der Waals surface area contributed by atoms with Crippen molar-refractivity contribution >= 4 is 35.5 Å². The van der Waals surface area contributed by atoms with Gasteiger partial charge in [0.1, 0.15) is 23.2 Å². The van der Waals surface area contributed by atoms with Crippen LogP contribution >= 0.6 is 11.6 Å². The van der Waals surface area contributed by atoms with Crippen LogP contribution in [0.5, 0.6) is 0 Å². The molecule has 1 aliphatic rings. The van der Waals surface area contributed by atoms with Gasteiger partial charge in [-0.3, -0.25) is 4.79 Å². The Hall–Kier alpha value is -3.21. The number of imide groups is 1. The van der Waals surface area contributed by atoms with Gasteiger partial charge in [0.15, 0.2) is 6.29 Å². The van der Waals surface area contributed by atoms with Gasteiger partial charge in [-0.05, 0) is 77.8 Å². The molecule has 200 valence electrons. The van der Waals surface area contributed by atoms with Crippen molar-refractivity contribution in [2.75, 3.05) is 4.90 Å². The topological polar surface area (TPSA) is 127 Å². The highest BCUT2D eigenvalue weighted by atomic mass is 35.5. The summed E-state index contributed by atoms with van der Waals surface area (Å²) in [4.78, 5) is 43.0. The Balaban J connectivity index is 1.79. The summed E-state index contributed by atoms with van der Waals surface area (Å²) in [6, 6.07) is 9.74. The highest BCUT2D eigenvalue weighted by Crippen LogP contribution is 2.29. The third-order valence-electron chi connectivity index (χ3n) is 5.04. The van der Waals surface area contributed by atoms with Crippen LogP contribution in [0.2, 0.25) is 5.02 Å². The number of amides is 3. The Kier molecular flexibility index (Phi) is 8.46. The molecule has 1 saturated heterocycles. The molecule has 2 unspecified atom stereocenters. The molecule has 1 aromatic heterocycles. The maximum atomic E-state index is 12.9. The lowest BCUT2D eigenvalue weighted by atomic mass is 9.91. The highest BCUT2D eigenvalue weighted by molar-refractivity contribution is 6.30. The fourth-order valence-corrected chi connectivity index (χ4v) is 3.63. The summed E-state index contributed by atoms with van der Waals surface area (Å²) < 4.78 is 16.4. The van der Waals surface area contributed by atoms with Crippen LogP contribution in [0.4, 0.5) is 15.4 Å². The molecule has 1 aromatic carbocycles. The van der Waals surface area contributed by atoms with Crippen LogP contribution in [0.15, 0.2) is 42.6 Å². The monoisotopic (exact) mass is 533 g/mol. The zero-order valence-electron chi connectivity index (χ0n) is 21.6. The number of carbonyl (C=O) groups is 3. The molecule has 10 nitrogen and oxygen atoms in total. The van der Waals surface area contributed by atoms with E-state index in [9.17, 15) is 19.5 Å². The standard InChI is InChI=1S/C26H32ClN3O7/c1-25(2,3)36-23(33)30(24(34)37-26(4,5)6)19-13-15(10-11-28-19)12-18-20(31)29-21(18)35-22(32)16-8-7-9-17(27)14-16/h7-11,13-14,18,21-22,32H,12H2,1-6H3,(H,29,31)/t18?,21-,22?/m1/s1. The van der Waals surface area contributed by atoms with E-state index in [-0.39, 0.29) is 18.1 Å². The van der Waals surface area contributed by atoms with Gasteiger partial charge in [0.05, 0.1) is 5.92 Å². The predicted molar refractivity (Wildman–Crippen MR) is 136 cm³/mol. The largest absolute Gasteiger partial charge is 0.443 e. The first-order chi connectivity index (χ1) is 17.1. The molecule has 37 heavy (non-hydrogen) atoms. The normalized spacial score (nSPS) is 18.3. The molecule has 0 spiro atoms. The average molecular weight is 534 g/mol. The van der Waals surface area contributed by atoms with Gasteiger partial charge < -0.3 is 24.6 Å². The molecule has 0 aliphatic carbocycles. The number of hydrogen-bond acceptors (Lipinski definition) is 8. The number of hydrogen-bond donors (Lipinski definition) is 2. The van der Waals surface area contributed by atoms with Crippen molar-refractivity contribution in [3.63, 3.8) is 0 Å². The lowest BCUT2D eigenvalue weighted by Gasteiger charge is -2.37. The van der Waals surface area contributed by atoms with Crippen LogP contribution in [-0.2, 0) is 25.4 Å². The van der Waals surface area contributed by atoms with Gasteiger partial charge in [-0.25, -0.2) is 14.6 Å². The van der Waals surface area contributed by atoms with Crippen LogP contribution < -0.4 is 10.2 Å². The molecule has 0 bridgehead atoms. The number of rotatable bonds is 6. The number of anilines is 1. The summed E-state index contributed by atoms with van der Waals surface area (Å²) in [5.74, 6) is -0.907. The second-order valence-corrected chi connectivity index (χ2v) is 11.0. The zero-order chi connectivity index (χ0) is 27.5. The van der Waals surface area contributed by atoms with Gasteiger partial charge in [-0.15, -0.1) is 0 Å². The van der Waals surface area contributed by atoms with Crippen molar-refractivity contribution < 1.29 is 33.7 Å². The van der Waals surface area contributed by atoms with Crippen molar-refractivity contribution in [3.05, 3.63) is 58.7 Å². The molecule has 3 atom stereocenters. The van der Waals surface area contributed by atoms with E-state index < -0.39 is 41.8 Å². The molecular formula is C26H32ClN3O7. The summed E-state index contributed by atoms with van der Waals surface area (Å²) in [6.45, 7) is 10.1. The van der Waals surface area contributed by atoms with E-state index in [0.29, 0.717) is 16.1 Å². The summed E-state index contributed by atoms with van der Waals surface area (Å²) >= 11 is 5.98. The van der Waals surface area contributed by atoms with Gasteiger partial charge in [0, 0.05) is 16.8 Å². The van der Waals surface area contributed by atoms with Crippen molar-refractivity contribution in [3.8, 4) is 0 Å². The number of aromatic nitrogens is 1. The van der Waals surface area contributed by atoms with E-state index >= 15 is 0 Å². The van der Waals surface area contributed by atoms with Crippen LogP contribution in [-0.4, -0.2) is 45.6 Å². The van der Waals surface area contributed by atoms with Gasteiger partial charge in [-0.1, -0.05) is 23.7 Å². The molecular weight excluding hydrogens is 502 g/mol. The Morgan fingerprint density at radius 2 is 1.70 bits per heavy atom. The number of nitrogens with one attached hydrogen (secondary N) is 1. The SMILES string of the molecule is CC(C)(C)OC(=O)N(C(=O)OC(C)(C)C)c1cc(CC2C(=O)N[C@@H]2OC(O)c2cccc(Cl)c2)ccn1. The van der Waals surface area contributed by atoms with E-state index in [1.54, 1.807) is 71.9 Å². The highest BCUT2D eigenvalue weighted by Gasteiger charge is 2.42. The van der Waals surface area contributed by atoms with E-state index in [4.69, 9.17) is 25.8 Å². The minimum atomic E-state index is -1.30. The molecule has 3 amide bonds. The van der Waals surface area contributed by atoms with Crippen molar-refractivity contribution in [2.45, 2.75) is 71.7 Å². The Morgan fingerprint density at radius 1 is 1.08 bits per heavy atom. The lowest BCUT2D eigenvalue weighted by molar-refractivity contribution is -0.196. The van der Waals surface area contributed by atoms with Crippen LogP contribution in [0.25, 0.3) is 0 Å². The van der Waals surface area contributed by atoms with Gasteiger partial charge in [0.2, 0.25) is 5.91 Å². The number of ether oxygens (including phenoxy) is 3. The molecule has 11 heteroatoms. The van der Waals surface area contributed by atoms with E-state index in [1.807, 2.05) is 0 Å². The van der Waals surface area contributed by atoms with Crippen LogP contribution in [0.3, 0.4) is 0 Å². The molecule has 3 rings (SSSR count). The minimum Gasteiger partial charge on any atom is -0.443 e. The number of benzene rings is 1. The number of aliphatic hydroxyl groups is 1. The number of nitrogens with zero attached hydrogens (tertiary/aromatic N) is 2. The molecule has 0 radical (unpaired) electrons. The summed E-state index contributed by atoms with van der Waals surface area (Å²) in [5.41, 5.74) is -0.683. The average Bonchev–Trinajstić information content (AvgIpc) is 2.75. The molecule has 2 aromatic rings. The molecule has 2 heterocycles. The predicted octanol–water partition coefficient (Wildman–Crippen LogP) is 4.73. The summed E-state index contributed by atoms with van der Waals surface area (Å²) in [5, 5.41) is 13.5. The fourth-order valence-electron chi connectivity index (χ4n) is 3.44. The van der Waals surface area contributed by atoms with Crippen molar-refractivity contribution in [1.29, 1.82) is 0 Å². The molecule has 1 aliphatic heterocycles. The molecule has 1 fully saturated rings. The Labute approximate surface area is 220 Å². The molecule has 2 N–H and O–H groups in total. The quantitative estimate of drug-likeness (QED) is 0.403. The number of pyridine rings is 1. The van der Waals surface area contributed by atoms with Crippen LogP contribution in [0, 0.1) is 5.92 Å². The van der Waals surface area contributed by atoms with Gasteiger partial charge >= 0.3 is 12.2 Å². The first kappa shape index (κ1) is 28.4. The van der Waals surface area contributed by atoms with Crippen LogP contribution in [0.1, 0.15) is 59.0 Å². The maximum absolute atomic E-state index is 12.9.